The number of carbonyl (C=O) groups is 1. The largest absolute Gasteiger partial charge is 0.339 e. The molecule has 2 aromatic rings. The molecule has 4 nitrogen and oxygen atoms in total. The van der Waals surface area contributed by atoms with Crippen LogP contribution in [0.2, 0.25) is 0 Å². The zero-order chi connectivity index (χ0) is 17.3. The quantitative estimate of drug-likeness (QED) is 0.786. The summed E-state index contributed by atoms with van der Waals surface area (Å²) in [5.74, 6) is 0.734. The number of benzene rings is 1. The summed E-state index contributed by atoms with van der Waals surface area (Å²) < 4.78 is 1.93. The van der Waals surface area contributed by atoms with Gasteiger partial charge in [0.25, 0.3) is 0 Å². The van der Waals surface area contributed by atoms with Crippen molar-refractivity contribution in [3.05, 3.63) is 53.4 Å². The van der Waals surface area contributed by atoms with Crippen molar-refractivity contribution in [3.63, 3.8) is 0 Å². The summed E-state index contributed by atoms with van der Waals surface area (Å²) in [6.45, 7) is 6.15. The van der Waals surface area contributed by atoms with Gasteiger partial charge in [0.05, 0.1) is 11.4 Å². The molecule has 0 bridgehead atoms. The molecule has 0 saturated heterocycles. The Labute approximate surface area is 143 Å². The molecule has 1 aromatic carbocycles. The van der Waals surface area contributed by atoms with Crippen molar-refractivity contribution in [3.8, 4) is 5.69 Å². The molecule has 1 aliphatic rings. The van der Waals surface area contributed by atoms with Crippen LogP contribution in [0.25, 0.3) is 11.8 Å². The van der Waals surface area contributed by atoms with E-state index in [0.29, 0.717) is 12.0 Å². The standard InChI is InChI=1S/C20H25N3O/c1-14-19(12-13-20(24)22(4)15(2)17-10-11-17)16(3)23(21-14)18-8-6-5-7-9-18/h5-9,12-13,15,17H,10-11H2,1-4H3/b13-12+. The third-order valence-corrected chi connectivity index (χ3v) is 5.00. The molecule has 1 atom stereocenters. The number of nitrogens with zero attached hydrogens (tertiary/aromatic N) is 3. The number of aromatic nitrogens is 2. The van der Waals surface area contributed by atoms with Crippen molar-refractivity contribution in [1.82, 2.24) is 14.7 Å². The number of carbonyl (C=O) groups excluding carboxylic acids is 1. The lowest BCUT2D eigenvalue weighted by Crippen LogP contribution is -2.35. The van der Waals surface area contributed by atoms with Crippen LogP contribution in [0.1, 0.15) is 36.7 Å². The first-order valence-corrected chi connectivity index (χ1v) is 8.55. The molecule has 1 fully saturated rings. The second kappa shape index (κ2) is 6.63. The van der Waals surface area contributed by atoms with Gasteiger partial charge in [-0.1, -0.05) is 18.2 Å². The minimum absolute atomic E-state index is 0.0562. The van der Waals surface area contributed by atoms with E-state index in [1.54, 1.807) is 6.08 Å². The molecule has 1 aromatic heterocycles. The van der Waals surface area contributed by atoms with Crippen LogP contribution in [0, 0.1) is 19.8 Å². The molecule has 126 valence electrons. The smallest absolute Gasteiger partial charge is 0.246 e. The molecule has 1 heterocycles. The van der Waals surface area contributed by atoms with Crippen LogP contribution < -0.4 is 0 Å². The Morgan fingerprint density at radius 3 is 2.58 bits per heavy atom. The Balaban J connectivity index is 1.80. The fourth-order valence-electron chi connectivity index (χ4n) is 3.08. The number of aryl methyl sites for hydroxylation is 1. The predicted octanol–water partition coefficient (Wildman–Crippen LogP) is 3.76. The maximum absolute atomic E-state index is 12.4. The molecular weight excluding hydrogens is 298 g/mol. The number of amides is 1. The summed E-state index contributed by atoms with van der Waals surface area (Å²) in [7, 11) is 1.89. The molecule has 24 heavy (non-hydrogen) atoms. The van der Waals surface area contributed by atoms with E-state index in [1.165, 1.54) is 12.8 Å². The molecule has 1 amide bonds. The van der Waals surface area contributed by atoms with E-state index in [-0.39, 0.29) is 5.91 Å². The highest BCUT2D eigenvalue weighted by molar-refractivity contribution is 5.92. The highest BCUT2D eigenvalue weighted by atomic mass is 16.2. The summed E-state index contributed by atoms with van der Waals surface area (Å²) in [6, 6.07) is 10.4. The van der Waals surface area contributed by atoms with Gasteiger partial charge in [-0.05, 0) is 57.7 Å². The van der Waals surface area contributed by atoms with Crippen LogP contribution >= 0.6 is 0 Å². The van der Waals surface area contributed by atoms with Crippen molar-refractivity contribution in [2.24, 2.45) is 5.92 Å². The Hall–Kier alpha value is -2.36. The zero-order valence-electron chi connectivity index (χ0n) is 14.9. The zero-order valence-corrected chi connectivity index (χ0v) is 14.9. The maximum atomic E-state index is 12.4. The molecule has 0 radical (unpaired) electrons. The number of rotatable bonds is 5. The maximum Gasteiger partial charge on any atom is 0.246 e. The number of likely N-dealkylation sites (N-methyl/N-ethyl adjacent to an activating group) is 1. The lowest BCUT2D eigenvalue weighted by atomic mass is 10.1. The van der Waals surface area contributed by atoms with E-state index in [1.807, 2.05) is 66.9 Å². The second-order valence-electron chi connectivity index (χ2n) is 6.69. The van der Waals surface area contributed by atoms with Gasteiger partial charge in [0.15, 0.2) is 0 Å². The fraction of sp³-hybridized carbons (Fsp3) is 0.400. The Morgan fingerprint density at radius 2 is 1.96 bits per heavy atom. The van der Waals surface area contributed by atoms with E-state index in [0.717, 1.165) is 22.6 Å². The first kappa shape index (κ1) is 16.5. The molecule has 0 spiro atoms. The van der Waals surface area contributed by atoms with Crippen LogP contribution in [0.4, 0.5) is 0 Å². The van der Waals surface area contributed by atoms with Crippen molar-refractivity contribution < 1.29 is 4.79 Å². The molecule has 1 saturated carbocycles. The van der Waals surface area contributed by atoms with E-state index in [9.17, 15) is 4.79 Å². The third-order valence-electron chi connectivity index (χ3n) is 5.00. The van der Waals surface area contributed by atoms with Gasteiger partial charge in [-0.25, -0.2) is 4.68 Å². The lowest BCUT2D eigenvalue weighted by Gasteiger charge is -2.23. The predicted molar refractivity (Wildman–Crippen MR) is 97.0 cm³/mol. The Morgan fingerprint density at radius 1 is 1.29 bits per heavy atom. The molecule has 1 unspecified atom stereocenters. The monoisotopic (exact) mass is 323 g/mol. The van der Waals surface area contributed by atoms with Gasteiger partial charge < -0.3 is 4.90 Å². The van der Waals surface area contributed by atoms with E-state index in [4.69, 9.17) is 0 Å². The summed E-state index contributed by atoms with van der Waals surface area (Å²) in [5.41, 5.74) is 4.02. The van der Waals surface area contributed by atoms with Gasteiger partial charge in [-0.2, -0.15) is 5.10 Å². The van der Waals surface area contributed by atoms with Crippen LogP contribution in [0.5, 0.6) is 0 Å². The molecule has 0 N–H and O–H groups in total. The number of para-hydroxylation sites is 1. The van der Waals surface area contributed by atoms with Gasteiger partial charge in [0.2, 0.25) is 5.91 Å². The van der Waals surface area contributed by atoms with Crippen LogP contribution in [-0.4, -0.2) is 33.7 Å². The summed E-state index contributed by atoms with van der Waals surface area (Å²) in [4.78, 5) is 14.2. The van der Waals surface area contributed by atoms with Crippen LogP contribution in [-0.2, 0) is 4.79 Å². The average Bonchev–Trinajstić information content (AvgIpc) is 3.39. The van der Waals surface area contributed by atoms with Gasteiger partial charge >= 0.3 is 0 Å². The molecule has 4 heteroatoms. The molecule has 1 aliphatic carbocycles. The van der Waals surface area contributed by atoms with Gasteiger partial charge in [-0.15, -0.1) is 0 Å². The van der Waals surface area contributed by atoms with E-state index < -0.39 is 0 Å². The van der Waals surface area contributed by atoms with Crippen molar-refractivity contribution in [1.29, 1.82) is 0 Å². The minimum atomic E-state index is 0.0562. The first-order chi connectivity index (χ1) is 11.5. The lowest BCUT2D eigenvalue weighted by molar-refractivity contribution is -0.126. The fourth-order valence-corrected chi connectivity index (χ4v) is 3.08. The highest BCUT2D eigenvalue weighted by Crippen LogP contribution is 2.34. The molecule has 0 aliphatic heterocycles. The summed E-state index contributed by atoms with van der Waals surface area (Å²) >= 11 is 0. The summed E-state index contributed by atoms with van der Waals surface area (Å²) in [5, 5.41) is 4.62. The van der Waals surface area contributed by atoms with Crippen LogP contribution in [0.3, 0.4) is 0 Å². The molecular formula is C20H25N3O. The normalized spacial score (nSPS) is 15.7. The van der Waals surface area contributed by atoms with Crippen molar-refractivity contribution in [2.75, 3.05) is 7.05 Å². The minimum Gasteiger partial charge on any atom is -0.339 e. The van der Waals surface area contributed by atoms with Gasteiger partial charge in [-0.3, -0.25) is 4.79 Å². The first-order valence-electron chi connectivity index (χ1n) is 8.55. The number of hydrogen-bond acceptors (Lipinski definition) is 2. The average molecular weight is 323 g/mol. The van der Waals surface area contributed by atoms with E-state index in [2.05, 4.69) is 12.0 Å². The highest BCUT2D eigenvalue weighted by Gasteiger charge is 2.31. The van der Waals surface area contributed by atoms with Crippen molar-refractivity contribution >= 4 is 12.0 Å². The molecule has 3 rings (SSSR count). The number of hydrogen-bond donors (Lipinski definition) is 0. The second-order valence-corrected chi connectivity index (χ2v) is 6.69. The SMILES string of the molecule is Cc1nn(-c2ccccc2)c(C)c1/C=C/C(=O)N(C)C(C)C1CC1. The van der Waals surface area contributed by atoms with E-state index >= 15 is 0 Å². The van der Waals surface area contributed by atoms with Crippen LogP contribution in [0.15, 0.2) is 36.4 Å². The summed E-state index contributed by atoms with van der Waals surface area (Å²) in [6.07, 6.45) is 6.05. The van der Waals surface area contributed by atoms with Gasteiger partial charge in [0, 0.05) is 30.4 Å². The topological polar surface area (TPSA) is 38.1 Å². The third kappa shape index (κ3) is 3.28. The Bertz CT molecular complexity index is 757. The Kier molecular flexibility index (Phi) is 4.56. The van der Waals surface area contributed by atoms with Crippen molar-refractivity contribution in [2.45, 2.75) is 39.7 Å². The van der Waals surface area contributed by atoms with Gasteiger partial charge in [0.1, 0.15) is 0 Å².